The number of piperidine rings is 1. The van der Waals surface area contributed by atoms with Crippen molar-refractivity contribution in [1.29, 1.82) is 0 Å². The minimum absolute atomic E-state index is 0.409. The summed E-state index contributed by atoms with van der Waals surface area (Å²) in [7, 11) is 1.97. The lowest BCUT2D eigenvalue weighted by Crippen LogP contribution is -2.43. The zero-order valence-corrected chi connectivity index (χ0v) is 37.2. The predicted molar refractivity (Wildman–Crippen MR) is 251 cm³/mol. The first-order valence-corrected chi connectivity index (χ1v) is 22.2. The normalized spacial score (nSPS) is 15.9. The van der Waals surface area contributed by atoms with Gasteiger partial charge in [0.15, 0.2) is 0 Å². The minimum atomic E-state index is 0.409. The molecule has 0 amide bonds. The third-order valence-electron chi connectivity index (χ3n) is 11.6. The fraction of sp³-hybridized carbons (Fsp3) is 0.529. The molecule has 0 spiro atoms. The molecule has 4 aromatic rings. The number of anilines is 3. The smallest absolute Gasteiger partial charge is 0.0367 e. The van der Waals surface area contributed by atoms with Gasteiger partial charge in [-0.2, -0.15) is 0 Å². The van der Waals surface area contributed by atoms with Gasteiger partial charge < -0.3 is 31.1 Å². The van der Waals surface area contributed by atoms with E-state index in [0.29, 0.717) is 29.7 Å². The third-order valence-corrected chi connectivity index (χ3v) is 11.6. The maximum Gasteiger partial charge on any atom is 0.0367 e. The quantitative estimate of drug-likeness (QED) is 0.157. The molecule has 0 unspecified atom stereocenters. The number of hydrogen-bond donors (Lipinski definition) is 3. The first-order chi connectivity index (χ1) is 27.4. The molecule has 0 atom stereocenters. The number of nitrogens with zero attached hydrogens (tertiary/aromatic N) is 3. The second-order valence-electron chi connectivity index (χ2n) is 17.4. The van der Waals surface area contributed by atoms with Crippen LogP contribution < -0.4 is 31.1 Å². The second-order valence-corrected chi connectivity index (χ2v) is 17.4. The number of nitrogens with one attached hydrogen (secondary N) is 2. The highest BCUT2D eigenvalue weighted by molar-refractivity contribution is 5.50. The lowest BCUT2D eigenvalue weighted by atomic mass is 10.0. The summed E-state index contributed by atoms with van der Waals surface area (Å²) in [5.41, 5.74) is 17.1. The Labute approximate surface area is 348 Å². The molecule has 312 valence electrons. The van der Waals surface area contributed by atoms with Crippen LogP contribution >= 0.6 is 0 Å². The van der Waals surface area contributed by atoms with Gasteiger partial charge in [0.1, 0.15) is 0 Å². The summed E-state index contributed by atoms with van der Waals surface area (Å²) in [5, 5.41) is 6.51. The van der Waals surface area contributed by atoms with E-state index in [9.17, 15) is 0 Å². The molecule has 0 aromatic heterocycles. The van der Waals surface area contributed by atoms with Crippen LogP contribution in [0.3, 0.4) is 0 Å². The van der Waals surface area contributed by atoms with Crippen molar-refractivity contribution in [3.63, 3.8) is 0 Å². The molecule has 3 aliphatic rings. The number of hydrogen-bond acceptors (Lipinski definition) is 6. The Morgan fingerprint density at radius 1 is 0.491 bits per heavy atom. The van der Waals surface area contributed by atoms with E-state index in [0.717, 1.165) is 58.7 Å². The fourth-order valence-corrected chi connectivity index (χ4v) is 7.49. The maximum atomic E-state index is 5.91. The van der Waals surface area contributed by atoms with Gasteiger partial charge in [-0.15, -0.1) is 0 Å². The number of nitrogens with two attached hydrogens (primary N) is 1. The van der Waals surface area contributed by atoms with Crippen molar-refractivity contribution in [3.05, 3.63) is 125 Å². The maximum absolute atomic E-state index is 5.91. The van der Waals surface area contributed by atoms with Crippen molar-refractivity contribution in [2.75, 3.05) is 74.1 Å². The summed E-state index contributed by atoms with van der Waals surface area (Å²) in [6, 6.07) is 36.2. The van der Waals surface area contributed by atoms with Crippen LogP contribution in [0.1, 0.15) is 133 Å². The van der Waals surface area contributed by atoms with E-state index in [-0.39, 0.29) is 0 Å². The van der Waals surface area contributed by atoms with Gasteiger partial charge in [0.05, 0.1) is 0 Å². The van der Waals surface area contributed by atoms with E-state index < -0.39 is 0 Å². The third kappa shape index (κ3) is 15.5. The summed E-state index contributed by atoms with van der Waals surface area (Å²) in [4.78, 5) is 7.36. The van der Waals surface area contributed by atoms with Gasteiger partial charge in [-0.1, -0.05) is 116 Å². The molecule has 3 aliphatic heterocycles. The van der Waals surface area contributed by atoms with Crippen LogP contribution in [-0.2, 0) is 6.54 Å². The van der Waals surface area contributed by atoms with Gasteiger partial charge in [0, 0.05) is 82.0 Å². The van der Waals surface area contributed by atoms with Gasteiger partial charge in [-0.05, 0) is 121 Å². The highest BCUT2D eigenvalue weighted by atomic mass is 15.2. The van der Waals surface area contributed by atoms with Crippen LogP contribution in [0, 0.1) is 0 Å². The fourth-order valence-electron chi connectivity index (χ4n) is 7.49. The molecule has 0 radical (unpaired) electrons. The molecule has 4 aromatic carbocycles. The summed E-state index contributed by atoms with van der Waals surface area (Å²) < 4.78 is 0. The standard InChI is InChI=1S/C14H22N2.C13H20N2.C13H19N.C11H17N/c1-11(2)12-3-5-14(6-4-12)16-9-7-13(15)8-10-16;1-11(2)12-3-5-13(6-4-12)15-9-7-14-8-10-15;1-11(2)12-5-7-13(8-6-12)14-9-3-4-10-14;1-9(2)11-6-4-10(5-7-11)8-12-3/h3-6,11,13H,7-10,15H2,1-2H3;3-6,11,14H,7-10H2,1-2H3;5-8,11H,3-4,9-10H2,1-2H3;4-7,9,12H,8H2,1-3H3. The number of piperazine rings is 1. The van der Waals surface area contributed by atoms with Gasteiger partial charge in [0.25, 0.3) is 0 Å². The average Bonchev–Trinajstić information content (AvgIpc) is 3.78. The van der Waals surface area contributed by atoms with Gasteiger partial charge in [-0.25, -0.2) is 0 Å². The van der Waals surface area contributed by atoms with Crippen molar-refractivity contribution in [1.82, 2.24) is 10.6 Å². The van der Waals surface area contributed by atoms with Gasteiger partial charge in [0.2, 0.25) is 0 Å². The van der Waals surface area contributed by atoms with Crippen LogP contribution in [0.2, 0.25) is 0 Å². The van der Waals surface area contributed by atoms with E-state index in [2.05, 4.69) is 178 Å². The first-order valence-electron chi connectivity index (χ1n) is 22.2. The SMILES string of the molecule is CC(C)c1ccc(N2CCC(N)CC2)cc1.CC(C)c1ccc(N2CCCC2)cc1.CC(C)c1ccc(N2CCNCC2)cc1.CNCc1ccc(C(C)C)cc1. The van der Waals surface area contributed by atoms with Crippen LogP contribution in [0.25, 0.3) is 0 Å². The van der Waals surface area contributed by atoms with E-state index in [1.807, 2.05) is 7.05 Å². The molecular formula is C51H78N6. The summed E-state index contributed by atoms with van der Waals surface area (Å²) in [6.07, 6.45) is 4.94. The van der Waals surface area contributed by atoms with Crippen molar-refractivity contribution >= 4 is 17.1 Å². The van der Waals surface area contributed by atoms with Crippen molar-refractivity contribution in [2.24, 2.45) is 5.73 Å². The largest absolute Gasteiger partial charge is 0.372 e. The summed E-state index contributed by atoms with van der Waals surface area (Å²) >= 11 is 0. The molecule has 4 N–H and O–H groups in total. The molecule has 57 heavy (non-hydrogen) atoms. The Morgan fingerprint density at radius 2 is 0.807 bits per heavy atom. The average molecular weight is 775 g/mol. The zero-order valence-electron chi connectivity index (χ0n) is 37.2. The van der Waals surface area contributed by atoms with E-state index >= 15 is 0 Å². The summed E-state index contributed by atoms with van der Waals surface area (Å²) in [5.74, 6) is 2.52. The molecule has 0 bridgehead atoms. The summed E-state index contributed by atoms with van der Waals surface area (Å²) in [6.45, 7) is 27.9. The Hall–Kier alpha value is -3.84. The Balaban J connectivity index is 0.000000169. The van der Waals surface area contributed by atoms with Crippen LogP contribution in [0.15, 0.2) is 97.1 Å². The van der Waals surface area contributed by atoms with Crippen molar-refractivity contribution in [3.8, 4) is 0 Å². The molecule has 3 saturated heterocycles. The number of benzene rings is 4. The Morgan fingerprint density at radius 3 is 1.14 bits per heavy atom. The topological polar surface area (TPSA) is 59.8 Å². The number of rotatable bonds is 9. The van der Waals surface area contributed by atoms with Gasteiger partial charge >= 0.3 is 0 Å². The van der Waals surface area contributed by atoms with Gasteiger partial charge in [-0.3, -0.25) is 0 Å². The first kappa shape index (κ1) is 45.9. The van der Waals surface area contributed by atoms with E-state index in [1.165, 1.54) is 70.8 Å². The molecule has 3 fully saturated rings. The van der Waals surface area contributed by atoms with Crippen molar-refractivity contribution in [2.45, 2.75) is 117 Å². The molecule has 0 saturated carbocycles. The van der Waals surface area contributed by atoms with Crippen LogP contribution in [-0.4, -0.2) is 65.4 Å². The van der Waals surface area contributed by atoms with E-state index in [4.69, 9.17) is 5.73 Å². The van der Waals surface area contributed by atoms with Crippen LogP contribution in [0.4, 0.5) is 17.1 Å². The molecular weight excluding hydrogens is 697 g/mol. The van der Waals surface area contributed by atoms with Crippen LogP contribution in [0.5, 0.6) is 0 Å². The highest BCUT2D eigenvalue weighted by Gasteiger charge is 2.16. The molecule has 7 rings (SSSR count). The molecule has 3 heterocycles. The highest BCUT2D eigenvalue weighted by Crippen LogP contribution is 2.25. The van der Waals surface area contributed by atoms with Crippen molar-refractivity contribution < 1.29 is 0 Å². The zero-order chi connectivity index (χ0) is 41.2. The Bertz CT molecular complexity index is 1620. The lowest BCUT2D eigenvalue weighted by Gasteiger charge is -2.32. The minimum Gasteiger partial charge on any atom is -0.372 e. The van der Waals surface area contributed by atoms with E-state index in [1.54, 1.807) is 0 Å². The molecule has 0 aliphatic carbocycles. The Kier molecular flexibility index (Phi) is 19.4. The monoisotopic (exact) mass is 775 g/mol. The molecule has 6 nitrogen and oxygen atoms in total. The molecule has 6 heteroatoms. The predicted octanol–water partition coefficient (Wildman–Crippen LogP) is 10.9. The second kappa shape index (κ2) is 24.2. The lowest BCUT2D eigenvalue weighted by molar-refractivity contribution is 0.501.